The van der Waals surface area contributed by atoms with Crippen LogP contribution in [0.15, 0.2) is 41.5 Å². The Morgan fingerprint density at radius 3 is 2.77 bits per heavy atom. The molecule has 1 aromatic carbocycles. The summed E-state index contributed by atoms with van der Waals surface area (Å²) in [5.41, 5.74) is 1.46. The normalized spacial score (nSPS) is 13.7. The average molecular weight is 432 g/mol. The summed E-state index contributed by atoms with van der Waals surface area (Å²) in [4.78, 5) is 16.3. The minimum atomic E-state index is -4.68. The van der Waals surface area contributed by atoms with Crippen molar-refractivity contribution in [2.75, 3.05) is 0 Å². The number of carboxylic acid groups (broad SMARTS) is 1. The Labute approximate surface area is 173 Å². The quantitative estimate of drug-likeness (QED) is 0.522. The lowest BCUT2D eigenvalue weighted by atomic mass is 9.92. The number of aryl methyl sites for hydroxylation is 2. The number of fused-ring (bicyclic) bond motifs is 3. The van der Waals surface area contributed by atoms with Crippen LogP contribution in [0.3, 0.4) is 0 Å². The van der Waals surface area contributed by atoms with E-state index < -0.39 is 23.5 Å². The highest BCUT2D eigenvalue weighted by Crippen LogP contribution is 2.46. The fourth-order valence-corrected chi connectivity index (χ4v) is 4.62. The molecule has 2 aromatic heterocycles. The molecule has 1 aliphatic carbocycles. The third kappa shape index (κ3) is 3.35. The number of aromatic nitrogens is 2. The van der Waals surface area contributed by atoms with Crippen LogP contribution in [0, 0.1) is 0 Å². The number of rotatable bonds is 4. The second-order valence-electron chi connectivity index (χ2n) is 6.79. The van der Waals surface area contributed by atoms with Crippen LogP contribution in [-0.4, -0.2) is 21.2 Å². The summed E-state index contributed by atoms with van der Waals surface area (Å²) < 4.78 is 46.6. The van der Waals surface area contributed by atoms with Gasteiger partial charge in [-0.25, -0.2) is 9.78 Å². The molecular weight excluding hydrogens is 417 g/mol. The lowest BCUT2D eigenvalue weighted by Crippen LogP contribution is -2.08. The zero-order valence-electron chi connectivity index (χ0n) is 15.7. The molecule has 0 aliphatic heterocycles. The predicted octanol–water partition coefficient (Wildman–Crippen LogP) is 5.87. The average Bonchev–Trinajstić information content (AvgIpc) is 3.31. The molecule has 2 heterocycles. The monoisotopic (exact) mass is 432 g/mol. The van der Waals surface area contributed by atoms with Crippen molar-refractivity contribution in [3.05, 3.63) is 65.0 Å². The first-order valence-electron chi connectivity index (χ1n) is 8.94. The molecule has 0 unspecified atom stereocenters. The molecule has 0 fully saturated rings. The van der Waals surface area contributed by atoms with Gasteiger partial charge in [0, 0.05) is 0 Å². The number of allylic oxidation sites excluding steroid dienone is 3. The molecule has 0 bridgehead atoms. The van der Waals surface area contributed by atoms with Crippen molar-refractivity contribution < 1.29 is 27.6 Å². The van der Waals surface area contributed by atoms with E-state index in [2.05, 4.69) is 16.7 Å². The Balaban J connectivity index is 1.85. The fourth-order valence-electron chi connectivity index (χ4n) is 3.46. The lowest BCUT2D eigenvalue weighted by molar-refractivity contribution is -0.137. The van der Waals surface area contributed by atoms with Crippen LogP contribution in [-0.2, 0) is 19.0 Å². The topological polar surface area (TPSA) is 76.2 Å². The van der Waals surface area contributed by atoms with Gasteiger partial charge in [0.2, 0.25) is 5.76 Å². The second-order valence-corrected chi connectivity index (χ2v) is 7.79. The highest BCUT2D eigenvalue weighted by molar-refractivity contribution is 7.18. The number of hydrogen-bond donors (Lipinski definition) is 1. The molecule has 0 spiro atoms. The molecule has 0 saturated heterocycles. The standard InChI is InChI=1S/C21H15F3N2O3S/c1-3-4-10(2)16-15(21(22,23)24)17(29-26-16)19-25-14-8-6-11-9-12(20(27)28)5-7-13(11)18(14)30-19/h3-5,7,9H,1,6,8H2,2H3,(H,27,28)/b10-4+. The summed E-state index contributed by atoms with van der Waals surface area (Å²) >= 11 is 1.08. The van der Waals surface area contributed by atoms with Gasteiger partial charge in [0.1, 0.15) is 11.3 Å². The predicted molar refractivity (Wildman–Crippen MR) is 106 cm³/mol. The van der Waals surface area contributed by atoms with E-state index in [0.29, 0.717) is 23.4 Å². The zero-order valence-corrected chi connectivity index (χ0v) is 16.5. The molecule has 9 heteroatoms. The number of nitrogens with zero attached hydrogens (tertiary/aromatic N) is 2. The van der Waals surface area contributed by atoms with E-state index in [9.17, 15) is 23.1 Å². The first-order valence-corrected chi connectivity index (χ1v) is 9.75. The van der Waals surface area contributed by atoms with Gasteiger partial charge < -0.3 is 9.63 Å². The Bertz CT molecular complexity index is 1200. The van der Waals surface area contributed by atoms with Gasteiger partial charge in [0.15, 0.2) is 5.01 Å². The largest absolute Gasteiger partial charge is 0.478 e. The van der Waals surface area contributed by atoms with E-state index >= 15 is 0 Å². The van der Waals surface area contributed by atoms with E-state index in [1.807, 2.05) is 0 Å². The minimum absolute atomic E-state index is 0.0904. The zero-order chi connectivity index (χ0) is 21.6. The minimum Gasteiger partial charge on any atom is -0.478 e. The van der Waals surface area contributed by atoms with Crippen molar-refractivity contribution in [1.29, 1.82) is 0 Å². The van der Waals surface area contributed by atoms with Crippen LogP contribution in [0.4, 0.5) is 13.2 Å². The number of aromatic carboxylic acids is 1. The van der Waals surface area contributed by atoms with Crippen molar-refractivity contribution in [1.82, 2.24) is 10.1 Å². The molecule has 1 N–H and O–H groups in total. The third-order valence-corrected chi connectivity index (χ3v) is 5.97. The highest BCUT2D eigenvalue weighted by atomic mass is 32.1. The Kier molecular flexibility index (Phi) is 4.85. The molecule has 5 nitrogen and oxygen atoms in total. The Hall–Kier alpha value is -3.20. The van der Waals surface area contributed by atoms with E-state index in [4.69, 9.17) is 4.52 Å². The van der Waals surface area contributed by atoms with Crippen LogP contribution in [0.1, 0.15) is 39.8 Å². The first kappa shape index (κ1) is 20.1. The Morgan fingerprint density at radius 1 is 1.33 bits per heavy atom. The number of carboxylic acids is 1. The van der Waals surface area contributed by atoms with Gasteiger partial charge in [-0.15, -0.1) is 11.3 Å². The molecule has 0 atom stereocenters. The van der Waals surface area contributed by atoms with Gasteiger partial charge in [-0.2, -0.15) is 13.2 Å². The van der Waals surface area contributed by atoms with Gasteiger partial charge >= 0.3 is 12.1 Å². The fraction of sp³-hybridized carbons (Fsp3) is 0.190. The lowest BCUT2D eigenvalue weighted by Gasteiger charge is -2.15. The number of carbonyl (C=O) groups is 1. The molecule has 1 aliphatic rings. The highest BCUT2D eigenvalue weighted by Gasteiger charge is 2.42. The summed E-state index contributed by atoms with van der Waals surface area (Å²) in [6.07, 6.45) is -0.809. The van der Waals surface area contributed by atoms with Gasteiger partial charge in [0.05, 0.1) is 16.1 Å². The summed E-state index contributed by atoms with van der Waals surface area (Å²) in [6, 6.07) is 4.75. The third-order valence-electron chi connectivity index (χ3n) is 4.84. The van der Waals surface area contributed by atoms with Gasteiger partial charge in [0.25, 0.3) is 0 Å². The van der Waals surface area contributed by atoms with Gasteiger partial charge in [-0.05, 0) is 48.6 Å². The maximum atomic E-state index is 13.8. The number of alkyl halides is 3. The Morgan fingerprint density at radius 2 is 2.10 bits per heavy atom. The van der Waals surface area contributed by atoms with Crippen molar-refractivity contribution in [2.24, 2.45) is 0 Å². The maximum absolute atomic E-state index is 13.8. The van der Waals surface area contributed by atoms with E-state index in [1.54, 1.807) is 12.1 Å². The van der Waals surface area contributed by atoms with Gasteiger partial charge in [-0.3, -0.25) is 0 Å². The van der Waals surface area contributed by atoms with Crippen molar-refractivity contribution in [2.45, 2.75) is 25.9 Å². The number of thiazole rings is 1. The van der Waals surface area contributed by atoms with E-state index in [-0.39, 0.29) is 21.8 Å². The molecule has 0 radical (unpaired) electrons. The van der Waals surface area contributed by atoms with Crippen molar-refractivity contribution in [3.8, 4) is 21.2 Å². The molecule has 0 amide bonds. The molecule has 0 saturated carbocycles. The maximum Gasteiger partial charge on any atom is 0.422 e. The second kappa shape index (κ2) is 7.24. The van der Waals surface area contributed by atoms with Gasteiger partial charge in [-0.1, -0.05) is 30.0 Å². The summed E-state index contributed by atoms with van der Waals surface area (Å²) in [5.74, 6) is -1.45. The molecule has 154 valence electrons. The molecule has 30 heavy (non-hydrogen) atoms. The summed E-state index contributed by atoms with van der Waals surface area (Å²) in [6.45, 7) is 5.00. The van der Waals surface area contributed by atoms with Crippen molar-refractivity contribution in [3.63, 3.8) is 0 Å². The van der Waals surface area contributed by atoms with Crippen LogP contribution < -0.4 is 0 Å². The van der Waals surface area contributed by atoms with Crippen LogP contribution in [0.5, 0.6) is 0 Å². The van der Waals surface area contributed by atoms with E-state index in [0.717, 1.165) is 22.5 Å². The number of benzene rings is 1. The van der Waals surface area contributed by atoms with Crippen LogP contribution >= 0.6 is 11.3 Å². The number of hydrogen-bond acceptors (Lipinski definition) is 5. The first-order chi connectivity index (χ1) is 14.2. The van der Waals surface area contributed by atoms with Crippen LogP contribution in [0.2, 0.25) is 0 Å². The SMILES string of the molecule is C=C/C=C(\C)c1noc(-c2nc3c(s2)-c2ccc(C(=O)O)cc2CC3)c1C(F)(F)F. The molecular formula is C21H15F3N2O3S. The summed E-state index contributed by atoms with van der Waals surface area (Å²) in [7, 11) is 0. The number of halogens is 3. The van der Waals surface area contributed by atoms with E-state index in [1.165, 1.54) is 25.1 Å². The summed E-state index contributed by atoms with van der Waals surface area (Å²) in [5, 5.41) is 12.9. The smallest absolute Gasteiger partial charge is 0.422 e. The van der Waals surface area contributed by atoms with Crippen molar-refractivity contribution >= 4 is 22.9 Å². The van der Waals surface area contributed by atoms with Crippen LogP contribution in [0.25, 0.3) is 26.8 Å². The molecule has 4 rings (SSSR count). The molecule has 3 aromatic rings.